The molecule has 110 valence electrons. The zero-order valence-corrected chi connectivity index (χ0v) is 14.0. The van der Waals surface area contributed by atoms with Gasteiger partial charge in [-0.15, -0.1) is 0 Å². The van der Waals surface area contributed by atoms with Gasteiger partial charge in [0, 0.05) is 27.5 Å². The predicted octanol–water partition coefficient (Wildman–Crippen LogP) is 5.04. The Balaban J connectivity index is 1.86. The van der Waals surface area contributed by atoms with Gasteiger partial charge in [-0.3, -0.25) is 0 Å². The molecule has 0 aliphatic carbocycles. The summed E-state index contributed by atoms with van der Waals surface area (Å²) >= 11 is 6.50. The number of ether oxygens (including phenoxy) is 1. The Hall–Kier alpha value is -1.14. The van der Waals surface area contributed by atoms with E-state index in [4.69, 9.17) is 4.74 Å². The first-order valence-corrected chi connectivity index (χ1v) is 7.95. The van der Waals surface area contributed by atoms with E-state index in [1.165, 1.54) is 12.1 Å². The number of hydrogen-bond donors (Lipinski definition) is 1. The van der Waals surface area contributed by atoms with Gasteiger partial charge >= 0.3 is 0 Å². The minimum atomic E-state index is -0.630. The van der Waals surface area contributed by atoms with Gasteiger partial charge in [0.2, 0.25) is 0 Å². The third-order valence-electron chi connectivity index (χ3n) is 3.29. The van der Waals surface area contributed by atoms with Crippen molar-refractivity contribution in [2.45, 2.75) is 13.0 Å². The number of hydrogen-bond acceptors (Lipinski definition) is 2. The van der Waals surface area contributed by atoms with E-state index < -0.39 is 11.6 Å². The minimum Gasteiger partial charge on any atom is -0.493 e. The van der Waals surface area contributed by atoms with Crippen LogP contribution >= 0.6 is 31.9 Å². The molecule has 0 saturated carbocycles. The average molecular weight is 419 g/mol. The van der Waals surface area contributed by atoms with Crippen LogP contribution in [0, 0.1) is 11.6 Å². The number of halogens is 4. The van der Waals surface area contributed by atoms with E-state index in [0.29, 0.717) is 11.1 Å². The Kier molecular flexibility index (Phi) is 4.17. The molecule has 0 fully saturated rings. The quantitative estimate of drug-likeness (QED) is 0.754. The maximum absolute atomic E-state index is 13.8. The lowest BCUT2D eigenvalue weighted by Gasteiger charge is -2.12. The second kappa shape index (κ2) is 5.93. The van der Waals surface area contributed by atoms with Gasteiger partial charge in [-0.2, -0.15) is 0 Å². The van der Waals surface area contributed by atoms with E-state index in [1.54, 1.807) is 0 Å². The lowest BCUT2D eigenvalue weighted by atomic mass is 10.1. The van der Waals surface area contributed by atoms with Crippen molar-refractivity contribution in [2.75, 3.05) is 11.9 Å². The number of rotatable bonds is 3. The van der Waals surface area contributed by atoms with E-state index in [9.17, 15) is 8.78 Å². The van der Waals surface area contributed by atoms with E-state index in [2.05, 4.69) is 37.2 Å². The molecule has 0 atom stereocenters. The first-order chi connectivity index (χ1) is 10.0. The van der Waals surface area contributed by atoms with Crippen molar-refractivity contribution in [2.24, 2.45) is 0 Å². The molecule has 0 spiro atoms. The van der Waals surface area contributed by atoms with Gasteiger partial charge in [0.15, 0.2) is 0 Å². The van der Waals surface area contributed by atoms with Gasteiger partial charge in [0.1, 0.15) is 23.1 Å². The molecule has 2 aromatic carbocycles. The SMILES string of the molecule is Fc1cc(Br)cc(F)c1NCc1cc(Br)cc2c1OCC2. The molecular weight excluding hydrogens is 408 g/mol. The molecule has 2 nitrogen and oxygen atoms in total. The second-order valence-electron chi connectivity index (χ2n) is 4.75. The zero-order valence-electron chi connectivity index (χ0n) is 10.9. The molecule has 1 aliphatic heterocycles. The second-order valence-corrected chi connectivity index (χ2v) is 6.58. The molecule has 6 heteroatoms. The molecular formula is C15H11Br2F2NO. The molecule has 1 N–H and O–H groups in total. The lowest BCUT2D eigenvalue weighted by Crippen LogP contribution is -2.05. The first-order valence-electron chi connectivity index (χ1n) is 6.37. The molecule has 0 saturated heterocycles. The summed E-state index contributed by atoms with van der Waals surface area (Å²) in [4.78, 5) is 0. The maximum Gasteiger partial charge on any atom is 0.150 e. The fourth-order valence-electron chi connectivity index (χ4n) is 2.37. The number of nitrogens with one attached hydrogen (secondary N) is 1. The normalized spacial score (nSPS) is 13.0. The fourth-order valence-corrected chi connectivity index (χ4v) is 3.33. The Labute approximate surface area is 137 Å². The van der Waals surface area contributed by atoms with Crippen molar-refractivity contribution in [1.29, 1.82) is 0 Å². The molecule has 0 aromatic heterocycles. The Morgan fingerprint density at radius 1 is 1.05 bits per heavy atom. The summed E-state index contributed by atoms with van der Waals surface area (Å²) in [7, 11) is 0. The van der Waals surface area contributed by atoms with Crippen molar-refractivity contribution in [3.8, 4) is 5.75 Å². The Morgan fingerprint density at radius 3 is 2.43 bits per heavy atom. The van der Waals surface area contributed by atoms with Crippen LogP contribution in [0.2, 0.25) is 0 Å². The molecule has 1 aliphatic rings. The van der Waals surface area contributed by atoms with Gasteiger partial charge in [-0.25, -0.2) is 8.78 Å². The summed E-state index contributed by atoms with van der Waals surface area (Å²) in [6.07, 6.45) is 0.850. The number of benzene rings is 2. The van der Waals surface area contributed by atoms with Crippen molar-refractivity contribution in [3.05, 3.63) is 56.0 Å². The zero-order chi connectivity index (χ0) is 15.0. The van der Waals surface area contributed by atoms with Crippen molar-refractivity contribution >= 4 is 37.5 Å². The van der Waals surface area contributed by atoms with Crippen LogP contribution in [0.1, 0.15) is 11.1 Å². The third kappa shape index (κ3) is 3.06. The summed E-state index contributed by atoms with van der Waals surface area (Å²) in [6, 6.07) is 6.36. The van der Waals surface area contributed by atoms with E-state index in [0.717, 1.165) is 27.8 Å². The summed E-state index contributed by atoms with van der Waals surface area (Å²) < 4.78 is 34.5. The predicted molar refractivity (Wildman–Crippen MR) is 84.7 cm³/mol. The molecule has 0 radical (unpaired) electrons. The monoisotopic (exact) mass is 417 g/mol. The van der Waals surface area contributed by atoms with Gasteiger partial charge in [0.25, 0.3) is 0 Å². The minimum absolute atomic E-state index is 0.134. The molecule has 3 rings (SSSR count). The molecule has 2 aromatic rings. The Morgan fingerprint density at radius 2 is 1.71 bits per heavy atom. The average Bonchev–Trinajstić information content (AvgIpc) is 2.85. The molecule has 0 unspecified atom stereocenters. The maximum atomic E-state index is 13.8. The van der Waals surface area contributed by atoms with Crippen LogP contribution in [0.25, 0.3) is 0 Å². The highest BCUT2D eigenvalue weighted by Crippen LogP contribution is 2.34. The molecule has 0 amide bonds. The van der Waals surface area contributed by atoms with Crippen molar-refractivity contribution < 1.29 is 13.5 Å². The van der Waals surface area contributed by atoms with Crippen molar-refractivity contribution in [1.82, 2.24) is 0 Å². The molecule has 1 heterocycles. The standard InChI is InChI=1S/C15H11Br2F2NO/c16-10-3-8-1-2-21-15(8)9(4-10)7-20-14-12(18)5-11(17)6-13(14)19/h3-6,20H,1-2,7H2. The highest BCUT2D eigenvalue weighted by atomic mass is 79.9. The first kappa shape index (κ1) is 14.8. The highest BCUT2D eigenvalue weighted by Gasteiger charge is 2.18. The summed E-state index contributed by atoms with van der Waals surface area (Å²) in [5.74, 6) is -0.451. The van der Waals surface area contributed by atoms with Crippen molar-refractivity contribution in [3.63, 3.8) is 0 Å². The molecule has 0 bridgehead atoms. The topological polar surface area (TPSA) is 21.3 Å². The molecule has 21 heavy (non-hydrogen) atoms. The van der Waals surface area contributed by atoms with Crippen LogP contribution in [0.3, 0.4) is 0 Å². The van der Waals surface area contributed by atoms with Crippen LogP contribution in [0.15, 0.2) is 33.2 Å². The van der Waals surface area contributed by atoms with Gasteiger partial charge in [0.05, 0.1) is 6.61 Å². The number of fused-ring (bicyclic) bond motifs is 1. The largest absolute Gasteiger partial charge is 0.493 e. The Bertz CT molecular complexity index is 683. The fraction of sp³-hybridized carbons (Fsp3) is 0.200. The van der Waals surface area contributed by atoms with Crippen LogP contribution in [0.5, 0.6) is 5.75 Å². The summed E-state index contributed by atoms with van der Waals surface area (Å²) in [5, 5.41) is 2.81. The van der Waals surface area contributed by atoms with Crippen LogP contribution in [-0.4, -0.2) is 6.61 Å². The lowest BCUT2D eigenvalue weighted by molar-refractivity contribution is 0.353. The summed E-state index contributed by atoms with van der Waals surface area (Å²) in [5.41, 5.74) is 1.85. The van der Waals surface area contributed by atoms with Gasteiger partial charge in [-0.1, -0.05) is 31.9 Å². The third-order valence-corrected chi connectivity index (χ3v) is 4.20. The van der Waals surface area contributed by atoms with Crippen LogP contribution in [-0.2, 0) is 13.0 Å². The van der Waals surface area contributed by atoms with Gasteiger partial charge < -0.3 is 10.1 Å². The smallest absolute Gasteiger partial charge is 0.150 e. The van der Waals surface area contributed by atoms with Crippen LogP contribution < -0.4 is 10.1 Å². The highest BCUT2D eigenvalue weighted by molar-refractivity contribution is 9.10. The summed E-state index contributed by atoms with van der Waals surface area (Å²) in [6.45, 7) is 0.928. The van der Waals surface area contributed by atoms with E-state index in [-0.39, 0.29) is 12.2 Å². The van der Waals surface area contributed by atoms with E-state index >= 15 is 0 Å². The van der Waals surface area contributed by atoms with Gasteiger partial charge in [-0.05, 0) is 29.8 Å². The number of anilines is 1. The van der Waals surface area contributed by atoms with E-state index in [1.807, 2.05) is 12.1 Å². The van der Waals surface area contributed by atoms with Crippen LogP contribution in [0.4, 0.5) is 14.5 Å².